The summed E-state index contributed by atoms with van der Waals surface area (Å²) >= 11 is 0. The molecular formula is C20H29N3O. The van der Waals surface area contributed by atoms with Gasteiger partial charge < -0.3 is 4.90 Å². The third-order valence-corrected chi connectivity index (χ3v) is 5.50. The van der Waals surface area contributed by atoms with E-state index in [0.717, 1.165) is 32.4 Å². The Balaban J connectivity index is 1.61. The van der Waals surface area contributed by atoms with Crippen molar-refractivity contribution in [3.8, 4) is 0 Å². The molecule has 0 unspecified atom stereocenters. The van der Waals surface area contributed by atoms with Gasteiger partial charge >= 0.3 is 0 Å². The summed E-state index contributed by atoms with van der Waals surface area (Å²) < 4.78 is 0. The molecule has 4 heteroatoms. The first kappa shape index (κ1) is 17.2. The predicted molar refractivity (Wildman–Crippen MR) is 96.5 cm³/mol. The number of hydrogen-bond acceptors (Lipinski definition) is 3. The Morgan fingerprint density at radius 1 is 1.42 bits per heavy atom. The van der Waals surface area contributed by atoms with Gasteiger partial charge in [0, 0.05) is 38.4 Å². The maximum atomic E-state index is 12.6. The van der Waals surface area contributed by atoms with Crippen LogP contribution in [0, 0.1) is 5.92 Å². The first-order valence-corrected chi connectivity index (χ1v) is 9.17. The van der Waals surface area contributed by atoms with Gasteiger partial charge in [-0.3, -0.25) is 14.7 Å². The summed E-state index contributed by atoms with van der Waals surface area (Å²) in [6, 6.07) is 4.52. The van der Waals surface area contributed by atoms with E-state index in [1.807, 2.05) is 30.4 Å². The van der Waals surface area contributed by atoms with Crippen LogP contribution in [-0.4, -0.2) is 47.9 Å². The monoisotopic (exact) mass is 327 g/mol. The van der Waals surface area contributed by atoms with E-state index in [-0.39, 0.29) is 5.91 Å². The molecular weight excluding hydrogens is 298 g/mol. The minimum Gasteiger partial charge on any atom is -0.345 e. The van der Waals surface area contributed by atoms with Crippen molar-refractivity contribution < 1.29 is 4.79 Å². The second-order valence-electron chi connectivity index (χ2n) is 7.32. The van der Waals surface area contributed by atoms with Crippen LogP contribution in [0.2, 0.25) is 0 Å². The normalized spacial score (nSPS) is 24.7. The quantitative estimate of drug-likeness (QED) is 0.778. The second-order valence-corrected chi connectivity index (χ2v) is 7.32. The van der Waals surface area contributed by atoms with Crippen molar-refractivity contribution in [2.24, 2.45) is 5.92 Å². The van der Waals surface area contributed by atoms with Gasteiger partial charge in [0.15, 0.2) is 0 Å². The number of amides is 1. The molecule has 2 heterocycles. The highest BCUT2D eigenvalue weighted by atomic mass is 16.2. The summed E-state index contributed by atoms with van der Waals surface area (Å²) in [5.41, 5.74) is 2.60. The molecule has 1 aromatic rings. The number of pyridine rings is 1. The molecule has 0 bridgehead atoms. The highest BCUT2D eigenvalue weighted by Gasteiger charge is 2.34. The largest absolute Gasteiger partial charge is 0.345 e. The zero-order valence-corrected chi connectivity index (χ0v) is 14.9. The van der Waals surface area contributed by atoms with E-state index in [4.69, 9.17) is 0 Å². The lowest BCUT2D eigenvalue weighted by molar-refractivity contribution is -0.129. The second kappa shape index (κ2) is 7.93. The van der Waals surface area contributed by atoms with Crippen molar-refractivity contribution in [1.29, 1.82) is 0 Å². The Kier molecular flexibility index (Phi) is 5.67. The van der Waals surface area contributed by atoms with Crippen LogP contribution in [0.15, 0.2) is 36.2 Å². The maximum Gasteiger partial charge on any atom is 0.226 e. The van der Waals surface area contributed by atoms with E-state index < -0.39 is 0 Å². The average molecular weight is 327 g/mol. The van der Waals surface area contributed by atoms with E-state index in [2.05, 4.69) is 29.1 Å². The maximum absolute atomic E-state index is 12.6. The molecule has 2 aliphatic rings. The summed E-state index contributed by atoms with van der Waals surface area (Å²) in [5, 5.41) is 0. The van der Waals surface area contributed by atoms with Crippen LogP contribution in [0.1, 0.15) is 50.1 Å². The molecule has 0 saturated carbocycles. The van der Waals surface area contributed by atoms with Crippen molar-refractivity contribution >= 4 is 5.91 Å². The van der Waals surface area contributed by atoms with Crippen LogP contribution in [-0.2, 0) is 4.79 Å². The molecule has 2 atom stereocenters. The molecule has 0 radical (unpaired) electrons. The average Bonchev–Trinajstić information content (AvgIpc) is 2.97. The number of rotatable bonds is 5. The number of nitrogens with zero attached hydrogens (tertiary/aromatic N) is 3. The van der Waals surface area contributed by atoms with Crippen molar-refractivity contribution in [3.05, 3.63) is 41.7 Å². The van der Waals surface area contributed by atoms with Crippen molar-refractivity contribution in [3.63, 3.8) is 0 Å². The number of hydrogen-bond donors (Lipinski definition) is 0. The Morgan fingerprint density at radius 2 is 2.29 bits per heavy atom. The molecule has 1 aromatic heterocycles. The third-order valence-electron chi connectivity index (χ3n) is 5.50. The molecule has 1 aliphatic heterocycles. The number of carbonyl (C=O) groups is 1. The molecule has 1 fully saturated rings. The van der Waals surface area contributed by atoms with Crippen LogP contribution in [0.3, 0.4) is 0 Å². The SMILES string of the molecule is CN(C[C@@H]1CCN(C)[C@H]1c1cccnc1)C(=O)CC1=CCCCC1. The fourth-order valence-electron chi connectivity index (χ4n) is 4.14. The van der Waals surface area contributed by atoms with Crippen molar-refractivity contribution in [2.75, 3.05) is 27.2 Å². The number of likely N-dealkylation sites (tertiary alicyclic amines) is 1. The molecule has 1 amide bonds. The number of allylic oxidation sites excluding steroid dienone is 1. The fourth-order valence-corrected chi connectivity index (χ4v) is 4.14. The highest BCUT2D eigenvalue weighted by molar-refractivity contribution is 5.78. The van der Waals surface area contributed by atoms with E-state index in [1.54, 1.807) is 0 Å². The van der Waals surface area contributed by atoms with E-state index in [9.17, 15) is 4.79 Å². The van der Waals surface area contributed by atoms with Gasteiger partial charge in [-0.15, -0.1) is 0 Å². The standard InChI is InChI=1S/C20H29N3O/c1-22-12-10-18(20(22)17-9-6-11-21-14-17)15-23(2)19(24)13-16-7-4-3-5-8-16/h6-7,9,11,14,18,20H,3-5,8,10,12-13,15H2,1-2H3/t18-,20-/m0/s1. The van der Waals surface area contributed by atoms with Gasteiger partial charge in [0.25, 0.3) is 0 Å². The molecule has 0 aromatic carbocycles. The van der Waals surface area contributed by atoms with Crippen molar-refractivity contribution in [2.45, 2.75) is 44.6 Å². The van der Waals surface area contributed by atoms with Crippen LogP contribution in [0.5, 0.6) is 0 Å². The predicted octanol–water partition coefficient (Wildman–Crippen LogP) is 3.42. The molecule has 1 aliphatic carbocycles. The lowest BCUT2D eigenvalue weighted by Crippen LogP contribution is -2.34. The number of carbonyl (C=O) groups excluding carboxylic acids is 1. The van der Waals surface area contributed by atoms with E-state index >= 15 is 0 Å². The zero-order valence-electron chi connectivity index (χ0n) is 14.9. The first-order valence-electron chi connectivity index (χ1n) is 9.17. The molecule has 130 valence electrons. The summed E-state index contributed by atoms with van der Waals surface area (Å²) in [6.45, 7) is 1.91. The van der Waals surface area contributed by atoms with Gasteiger partial charge in [-0.05, 0) is 63.2 Å². The Labute approximate surface area is 145 Å². The molecule has 24 heavy (non-hydrogen) atoms. The van der Waals surface area contributed by atoms with E-state index in [1.165, 1.54) is 24.0 Å². The van der Waals surface area contributed by atoms with Crippen LogP contribution >= 0.6 is 0 Å². The zero-order chi connectivity index (χ0) is 16.9. The van der Waals surface area contributed by atoms with E-state index in [0.29, 0.717) is 18.4 Å². The fraction of sp³-hybridized carbons (Fsp3) is 0.600. The number of aromatic nitrogens is 1. The van der Waals surface area contributed by atoms with Crippen LogP contribution < -0.4 is 0 Å². The van der Waals surface area contributed by atoms with Gasteiger partial charge in [0.1, 0.15) is 0 Å². The summed E-state index contributed by atoms with van der Waals surface area (Å²) in [7, 11) is 4.14. The first-order chi connectivity index (χ1) is 11.6. The minimum atomic E-state index is 0.266. The van der Waals surface area contributed by atoms with Gasteiger partial charge in [-0.25, -0.2) is 0 Å². The molecule has 0 spiro atoms. The summed E-state index contributed by atoms with van der Waals surface area (Å²) in [6.07, 6.45) is 12.6. The molecule has 3 rings (SSSR count). The molecule has 4 nitrogen and oxygen atoms in total. The Morgan fingerprint density at radius 3 is 3.00 bits per heavy atom. The summed E-state index contributed by atoms with van der Waals surface area (Å²) in [5.74, 6) is 0.746. The van der Waals surface area contributed by atoms with Crippen LogP contribution in [0.25, 0.3) is 0 Å². The summed E-state index contributed by atoms with van der Waals surface area (Å²) in [4.78, 5) is 21.2. The van der Waals surface area contributed by atoms with Crippen LogP contribution in [0.4, 0.5) is 0 Å². The topological polar surface area (TPSA) is 36.4 Å². The Bertz CT molecular complexity index is 584. The van der Waals surface area contributed by atoms with Gasteiger partial charge in [-0.2, -0.15) is 0 Å². The minimum absolute atomic E-state index is 0.266. The van der Waals surface area contributed by atoms with Gasteiger partial charge in [-0.1, -0.05) is 17.7 Å². The molecule has 1 saturated heterocycles. The molecule has 0 N–H and O–H groups in total. The lowest BCUT2D eigenvalue weighted by atomic mass is 9.93. The highest BCUT2D eigenvalue weighted by Crippen LogP contribution is 2.36. The lowest BCUT2D eigenvalue weighted by Gasteiger charge is -2.29. The van der Waals surface area contributed by atoms with Crippen molar-refractivity contribution in [1.82, 2.24) is 14.8 Å². The Hall–Kier alpha value is -1.68. The third kappa shape index (κ3) is 4.04. The smallest absolute Gasteiger partial charge is 0.226 e. The van der Waals surface area contributed by atoms with Gasteiger partial charge in [0.05, 0.1) is 0 Å². The van der Waals surface area contributed by atoms with Gasteiger partial charge in [0.2, 0.25) is 5.91 Å².